The number of halogens is 2. The molecule has 0 aliphatic carbocycles. The highest BCUT2D eigenvalue weighted by molar-refractivity contribution is 6.00. The summed E-state index contributed by atoms with van der Waals surface area (Å²) in [6, 6.07) is 15.5. The quantitative estimate of drug-likeness (QED) is 0.640. The molecule has 3 aromatic rings. The van der Waals surface area contributed by atoms with Gasteiger partial charge in [0.15, 0.2) is 5.58 Å². The van der Waals surface area contributed by atoms with Crippen LogP contribution in [0, 0.1) is 0 Å². The van der Waals surface area contributed by atoms with Crippen molar-refractivity contribution in [1.82, 2.24) is 4.98 Å². The number of para-hydroxylation sites is 3. The van der Waals surface area contributed by atoms with Gasteiger partial charge < -0.3 is 9.32 Å². The lowest BCUT2D eigenvalue weighted by Gasteiger charge is -2.15. The molecule has 1 aromatic heterocycles. The minimum atomic E-state index is -3.29. The van der Waals surface area contributed by atoms with Crippen LogP contribution in [0.5, 0.6) is 0 Å². The highest BCUT2D eigenvalue weighted by atomic mass is 19.3. The third kappa shape index (κ3) is 3.74. The zero-order valence-electron chi connectivity index (χ0n) is 13.5. The zero-order chi connectivity index (χ0) is 17.9. The summed E-state index contributed by atoms with van der Waals surface area (Å²) in [5.41, 5.74) is 1.37. The molecular weight excluding hydrogens is 326 g/mol. The number of benzene rings is 2. The first-order valence-corrected chi connectivity index (χ1v) is 7.70. The summed E-state index contributed by atoms with van der Waals surface area (Å²) in [7, 11) is 1.58. The fourth-order valence-electron chi connectivity index (χ4n) is 2.31. The minimum absolute atomic E-state index is 0.307. The number of aromatic nitrogens is 1. The van der Waals surface area contributed by atoms with Gasteiger partial charge in [-0.05, 0) is 30.3 Å². The zero-order valence-corrected chi connectivity index (χ0v) is 13.5. The van der Waals surface area contributed by atoms with Crippen molar-refractivity contribution in [2.75, 3.05) is 11.9 Å². The van der Waals surface area contributed by atoms with Crippen molar-refractivity contribution in [3.63, 3.8) is 0 Å². The third-order valence-electron chi connectivity index (χ3n) is 3.72. The molecule has 1 heterocycles. The van der Waals surface area contributed by atoms with Gasteiger partial charge in [0.05, 0.1) is 0 Å². The lowest BCUT2D eigenvalue weighted by atomic mass is 10.2. The molecule has 0 radical (unpaired) electrons. The van der Waals surface area contributed by atoms with Crippen molar-refractivity contribution in [3.8, 4) is 0 Å². The molecule has 0 N–H and O–H groups in total. The number of carbonyl (C=O) groups excluding carboxylic acids is 1. The highest BCUT2D eigenvalue weighted by Gasteiger charge is 2.36. The van der Waals surface area contributed by atoms with Crippen molar-refractivity contribution in [1.29, 1.82) is 0 Å². The highest BCUT2D eigenvalue weighted by Crippen LogP contribution is 2.33. The van der Waals surface area contributed by atoms with E-state index in [-0.39, 0.29) is 5.91 Å². The van der Waals surface area contributed by atoms with Gasteiger partial charge in [0.1, 0.15) is 5.52 Å². The van der Waals surface area contributed by atoms with Gasteiger partial charge in [-0.15, -0.1) is 0 Å². The summed E-state index contributed by atoms with van der Waals surface area (Å²) in [5, 5.41) is 0. The number of fused-ring (bicyclic) bond motifs is 1. The lowest BCUT2D eigenvalue weighted by Crippen LogP contribution is -2.24. The van der Waals surface area contributed by atoms with Gasteiger partial charge in [-0.1, -0.05) is 36.4 Å². The second kappa shape index (κ2) is 6.84. The van der Waals surface area contributed by atoms with Crippen molar-refractivity contribution < 1.29 is 18.0 Å². The monoisotopic (exact) mass is 342 g/mol. The van der Waals surface area contributed by atoms with Crippen molar-refractivity contribution >= 4 is 22.7 Å². The van der Waals surface area contributed by atoms with Gasteiger partial charge >= 0.3 is 5.92 Å². The van der Waals surface area contributed by atoms with E-state index in [2.05, 4.69) is 4.98 Å². The molecule has 0 aliphatic heterocycles. The summed E-state index contributed by atoms with van der Waals surface area (Å²) in [6.07, 6.45) is 1.59. The van der Waals surface area contributed by atoms with E-state index < -0.39 is 18.2 Å². The molecule has 0 bridgehead atoms. The number of rotatable bonds is 5. The molecule has 0 spiro atoms. The number of oxazole rings is 1. The molecule has 0 fully saturated rings. The van der Waals surface area contributed by atoms with E-state index in [9.17, 15) is 13.6 Å². The first-order valence-electron chi connectivity index (χ1n) is 7.70. The summed E-state index contributed by atoms with van der Waals surface area (Å²) >= 11 is 0. The summed E-state index contributed by atoms with van der Waals surface area (Å²) in [5.74, 6) is -4.33. The van der Waals surface area contributed by atoms with Crippen molar-refractivity contribution in [2.24, 2.45) is 0 Å². The van der Waals surface area contributed by atoms with Crippen molar-refractivity contribution in [3.05, 3.63) is 72.6 Å². The minimum Gasteiger partial charge on any atom is -0.435 e. The van der Waals surface area contributed by atoms with Gasteiger partial charge in [0, 0.05) is 19.2 Å². The fraction of sp³-hybridized carbons (Fsp3) is 0.158. The Balaban J connectivity index is 1.68. The number of allylic oxidation sites excluding steroid dienone is 1. The average molecular weight is 342 g/mol. The normalized spacial score (nSPS) is 12.0. The first-order chi connectivity index (χ1) is 12.0. The summed E-state index contributed by atoms with van der Waals surface area (Å²) < 4.78 is 33.6. The molecule has 3 rings (SSSR count). The summed E-state index contributed by atoms with van der Waals surface area (Å²) in [6.45, 7) is 0. The van der Waals surface area contributed by atoms with Gasteiger partial charge in [-0.2, -0.15) is 8.78 Å². The third-order valence-corrected chi connectivity index (χ3v) is 3.72. The average Bonchev–Trinajstić information content (AvgIpc) is 3.07. The maximum absolute atomic E-state index is 14.2. The van der Waals surface area contributed by atoms with Crippen LogP contribution < -0.4 is 4.90 Å². The number of hydrogen-bond acceptors (Lipinski definition) is 3. The number of likely N-dealkylation sites (N-methyl/N-ethyl adjacent to an activating group) is 1. The molecule has 128 valence electrons. The Morgan fingerprint density at radius 3 is 2.56 bits per heavy atom. The molecule has 1 amide bonds. The number of anilines is 1. The maximum Gasteiger partial charge on any atom is 0.325 e. The van der Waals surface area contributed by atoms with E-state index >= 15 is 0 Å². The van der Waals surface area contributed by atoms with Gasteiger partial charge in [-0.3, -0.25) is 4.79 Å². The van der Waals surface area contributed by atoms with Crippen LogP contribution in [0.1, 0.15) is 12.3 Å². The van der Waals surface area contributed by atoms with E-state index in [1.807, 2.05) is 6.07 Å². The SMILES string of the molecule is CN(C(=O)C=CCC(F)(F)c1nc2ccccc2o1)c1ccccc1. The van der Waals surface area contributed by atoms with Crippen LogP contribution in [0.25, 0.3) is 11.1 Å². The molecule has 6 heteroatoms. The molecule has 0 saturated carbocycles. The maximum atomic E-state index is 14.2. The second-order valence-electron chi connectivity index (χ2n) is 5.53. The Morgan fingerprint density at radius 2 is 1.84 bits per heavy atom. The Kier molecular flexibility index (Phi) is 4.61. The molecule has 2 aromatic carbocycles. The Bertz CT molecular complexity index is 871. The number of alkyl halides is 2. The Hall–Kier alpha value is -3.02. The molecule has 0 atom stereocenters. The number of amides is 1. The van der Waals surface area contributed by atoms with Crippen LogP contribution in [-0.2, 0) is 10.7 Å². The fourth-order valence-corrected chi connectivity index (χ4v) is 2.31. The summed E-state index contributed by atoms with van der Waals surface area (Å²) in [4.78, 5) is 17.3. The molecule has 25 heavy (non-hydrogen) atoms. The van der Waals surface area contributed by atoms with E-state index in [4.69, 9.17) is 4.42 Å². The van der Waals surface area contributed by atoms with Crippen LogP contribution >= 0.6 is 0 Å². The van der Waals surface area contributed by atoms with Crippen LogP contribution in [0.15, 0.2) is 71.2 Å². The largest absolute Gasteiger partial charge is 0.435 e. The number of hydrogen-bond donors (Lipinski definition) is 0. The molecular formula is C19H16F2N2O2. The molecule has 0 aliphatic rings. The van der Waals surface area contributed by atoms with E-state index in [1.54, 1.807) is 55.6 Å². The number of carbonyl (C=O) groups is 1. The van der Waals surface area contributed by atoms with Gasteiger partial charge in [0.25, 0.3) is 5.89 Å². The van der Waals surface area contributed by atoms with Crippen LogP contribution in [0.2, 0.25) is 0 Å². The molecule has 4 nitrogen and oxygen atoms in total. The first kappa shape index (κ1) is 16.8. The van der Waals surface area contributed by atoms with E-state index in [1.165, 1.54) is 4.90 Å². The van der Waals surface area contributed by atoms with Crippen molar-refractivity contribution in [2.45, 2.75) is 12.3 Å². The predicted octanol–water partition coefficient (Wildman–Crippen LogP) is 4.53. The predicted molar refractivity (Wildman–Crippen MR) is 91.5 cm³/mol. The number of nitrogens with zero attached hydrogens (tertiary/aromatic N) is 2. The van der Waals surface area contributed by atoms with Crippen LogP contribution in [0.4, 0.5) is 14.5 Å². The topological polar surface area (TPSA) is 46.3 Å². The van der Waals surface area contributed by atoms with Gasteiger partial charge in [-0.25, -0.2) is 4.98 Å². The Labute approximate surface area is 143 Å². The van der Waals surface area contributed by atoms with Crippen LogP contribution in [-0.4, -0.2) is 17.9 Å². The Morgan fingerprint density at radius 1 is 1.16 bits per heavy atom. The molecule has 0 saturated heterocycles. The van der Waals surface area contributed by atoms with E-state index in [0.717, 1.165) is 12.2 Å². The van der Waals surface area contributed by atoms with Gasteiger partial charge in [0.2, 0.25) is 5.91 Å². The van der Waals surface area contributed by atoms with Crippen LogP contribution in [0.3, 0.4) is 0 Å². The smallest absolute Gasteiger partial charge is 0.325 e. The molecule has 0 unspecified atom stereocenters. The standard InChI is InChI=1S/C19H16F2N2O2/c1-23(14-8-3-2-4-9-14)17(24)12-7-13-19(20,21)18-22-15-10-5-6-11-16(15)25-18/h2-12H,13H2,1H3. The lowest BCUT2D eigenvalue weighted by molar-refractivity contribution is -0.113. The van der Waals surface area contributed by atoms with E-state index in [0.29, 0.717) is 16.8 Å². The second-order valence-corrected chi connectivity index (χ2v) is 5.53.